The molecule has 0 bridgehead atoms. The van der Waals surface area contributed by atoms with Gasteiger partial charge < -0.3 is 5.32 Å². The molecule has 1 aromatic carbocycles. The first-order chi connectivity index (χ1) is 9.94. The fraction of sp³-hybridized carbons (Fsp3) is 0.474. The van der Waals surface area contributed by atoms with E-state index in [-0.39, 0.29) is 0 Å². The van der Waals surface area contributed by atoms with Gasteiger partial charge in [0.05, 0.1) is 0 Å². The van der Waals surface area contributed by atoms with Crippen molar-refractivity contribution in [2.24, 2.45) is 5.41 Å². The monoisotopic (exact) mass is 301 g/mol. The molecule has 2 aromatic rings. The Hall–Kier alpha value is -1.12. The van der Waals surface area contributed by atoms with Crippen molar-refractivity contribution < 1.29 is 0 Å². The number of hydrogen-bond acceptors (Lipinski definition) is 2. The first kappa shape index (κ1) is 16.3. The van der Waals surface area contributed by atoms with Gasteiger partial charge in [-0.1, -0.05) is 57.2 Å². The fourth-order valence-corrected chi connectivity index (χ4v) is 3.54. The zero-order chi connectivity index (χ0) is 15.3. The van der Waals surface area contributed by atoms with Crippen LogP contribution < -0.4 is 5.32 Å². The van der Waals surface area contributed by atoms with Crippen LogP contribution in [0.1, 0.15) is 50.6 Å². The summed E-state index contributed by atoms with van der Waals surface area (Å²) in [6, 6.07) is 16.1. The van der Waals surface area contributed by atoms with Gasteiger partial charge in [-0.2, -0.15) is 0 Å². The molecule has 1 N–H and O–H groups in total. The number of rotatable bonds is 6. The average Bonchev–Trinajstić information content (AvgIpc) is 2.90. The Morgan fingerprint density at radius 1 is 1.05 bits per heavy atom. The lowest BCUT2D eigenvalue weighted by Gasteiger charge is -2.30. The Kier molecular flexibility index (Phi) is 5.60. The Balaban J connectivity index is 2.05. The Morgan fingerprint density at radius 2 is 1.76 bits per heavy atom. The summed E-state index contributed by atoms with van der Waals surface area (Å²) in [4.78, 5) is 1.46. The predicted molar refractivity (Wildman–Crippen MR) is 93.9 cm³/mol. The van der Waals surface area contributed by atoms with Gasteiger partial charge in [-0.3, -0.25) is 0 Å². The predicted octanol–water partition coefficient (Wildman–Crippen LogP) is 5.45. The van der Waals surface area contributed by atoms with E-state index in [1.54, 1.807) is 0 Å². The summed E-state index contributed by atoms with van der Waals surface area (Å²) >= 11 is 1.85. The highest BCUT2D eigenvalue weighted by molar-refractivity contribution is 7.09. The molecule has 114 valence electrons. The maximum Gasteiger partial charge on any atom is 0.0327 e. The summed E-state index contributed by atoms with van der Waals surface area (Å²) in [5, 5.41) is 5.99. The molecule has 0 aliphatic carbocycles. The second kappa shape index (κ2) is 7.24. The van der Waals surface area contributed by atoms with Gasteiger partial charge >= 0.3 is 0 Å². The molecule has 1 nitrogen and oxygen atoms in total. The SMILES string of the molecule is CC(Cc1cccs1)NC(CC(C)(C)C)c1ccccc1. The third-order valence-electron chi connectivity index (χ3n) is 3.59. The molecule has 0 amide bonds. The molecule has 0 fully saturated rings. The molecule has 1 aromatic heterocycles. The van der Waals surface area contributed by atoms with Crippen LogP contribution in [0.15, 0.2) is 47.8 Å². The largest absolute Gasteiger partial charge is 0.307 e. The van der Waals surface area contributed by atoms with E-state index in [2.05, 4.69) is 80.9 Å². The minimum absolute atomic E-state index is 0.316. The standard InChI is InChI=1S/C19H27NS/c1-15(13-17-11-8-12-21-17)20-18(14-19(2,3)4)16-9-6-5-7-10-16/h5-12,15,18,20H,13-14H2,1-4H3. The van der Waals surface area contributed by atoms with Gasteiger partial charge in [-0.25, -0.2) is 0 Å². The second-order valence-corrected chi connectivity index (χ2v) is 8.11. The molecule has 0 radical (unpaired) electrons. The summed E-state index contributed by atoms with van der Waals surface area (Å²) in [5.74, 6) is 0. The van der Waals surface area contributed by atoms with Gasteiger partial charge in [0.15, 0.2) is 0 Å². The first-order valence-corrected chi connectivity index (χ1v) is 8.65. The Labute approximate surface area is 133 Å². The molecule has 21 heavy (non-hydrogen) atoms. The van der Waals surface area contributed by atoms with E-state index < -0.39 is 0 Å². The maximum absolute atomic E-state index is 3.83. The third kappa shape index (κ3) is 5.64. The molecule has 0 aliphatic heterocycles. The van der Waals surface area contributed by atoms with Crippen molar-refractivity contribution in [1.29, 1.82) is 0 Å². The lowest BCUT2D eigenvalue weighted by atomic mass is 9.85. The van der Waals surface area contributed by atoms with Crippen molar-refractivity contribution in [3.8, 4) is 0 Å². The summed E-state index contributed by atoms with van der Waals surface area (Å²) in [6.45, 7) is 9.23. The number of nitrogens with one attached hydrogen (secondary N) is 1. The lowest BCUT2D eigenvalue weighted by molar-refractivity contribution is 0.296. The molecule has 2 rings (SSSR count). The second-order valence-electron chi connectivity index (χ2n) is 7.08. The fourth-order valence-electron chi connectivity index (χ4n) is 2.70. The molecule has 0 aliphatic rings. The van der Waals surface area contributed by atoms with Gasteiger partial charge in [-0.05, 0) is 42.2 Å². The molecule has 2 unspecified atom stereocenters. The topological polar surface area (TPSA) is 12.0 Å². The molecule has 0 spiro atoms. The third-order valence-corrected chi connectivity index (χ3v) is 4.49. The molecular weight excluding hydrogens is 274 g/mol. The molecule has 2 atom stereocenters. The highest BCUT2D eigenvalue weighted by Crippen LogP contribution is 2.30. The van der Waals surface area contributed by atoms with Crippen LogP contribution in [-0.4, -0.2) is 6.04 Å². The minimum Gasteiger partial charge on any atom is -0.307 e. The smallest absolute Gasteiger partial charge is 0.0327 e. The van der Waals surface area contributed by atoms with Crippen molar-refractivity contribution in [1.82, 2.24) is 5.32 Å². The van der Waals surface area contributed by atoms with Crippen LogP contribution >= 0.6 is 11.3 Å². The Morgan fingerprint density at radius 3 is 2.33 bits per heavy atom. The molecule has 0 saturated heterocycles. The molecular formula is C19H27NS. The number of benzene rings is 1. The normalized spacial score (nSPS) is 14.9. The summed E-state index contributed by atoms with van der Waals surface area (Å²) in [6.07, 6.45) is 2.25. The van der Waals surface area contributed by atoms with E-state index in [4.69, 9.17) is 0 Å². The number of hydrogen-bond donors (Lipinski definition) is 1. The minimum atomic E-state index is 0.316. The molecule has 0 saturated carbocycles. The number of thiophene rings is 1. The lowest BCUT2D eigenvalue weighted by Crippen LogP contribution is -2.34. The van der Waals surface area contributed by atoms with Crippen molar-refractivity contribution >= 4 is 11.3 Å². The van der Waals surface area contributed by atoms with E-state index in [9.17, 15) is 0 Å². The van der Waals surface area contributed by atoms with E-state index in [1.807, 2.05) is 11.3 Å². The molecule has 2 heteroatoms. The van der Waals surface area contributed by atoms with E-state index >= 15 is 0 Å². The van der Waals surface area contributed by atoms with E-state index in [0.717, 1.165) is 12.8 Å². The van der Waals surface area contributed by atoms with Gasteiger partial charge in [0.2, 0.25) is 0 Å². The zero-order valence-electron chi connectivity index (χ0n) is 13.6. The van der Waals surface area contributed by atoms with Crippen molar-refractivity contribution in [3.05, 3.63) is 58.3 Å². The van der Waals surface area contributed by atoms with Crippen LogP contribution in [0.4, 0.5) is 0 Å². The van der Waals surface area contributed by atoms with Crippen LogP contribution in [0.2, 0.25) is 0 Å². The van der Waals surface area contributed by atoms with Gasteiger partial charge in [0.1, 0.15) is 0 Å². The first-order valence-electron chi connectivity index (χ1n) is 7.77. The van der Waals surface area contributed by atoms with E-state index in [1.165, 1.54) is 10.4 Å². The maximum atomic E-state index is 3.83. The van der Waals surface area contributed by atoms with Gasteiger partial charge in [-0.15, -0.1) is 11.3 Å². The Bertz CT molecular complexity index is 510. The van der Waals surface area contributed by atoms with Crippen LogP contribution in [-0.2, 0) is 6.42 Å². The zero-order valence-corrected chi connectivity index (χ0v) is 14.4. The van der Waals surface area contributed by atoms with Crippen molar-refractivity contribution in [2.75, 3.05) is 0 Å². The quantitative estimate of drug-likeness (QED) is 0.748. The van der Waals surface area contributed by atoms with Crippen LogP contribution in [0, 0.1) is 5.41 Å². The highest BCUT2D eigenvalue weighted by Gasteiger charge is 2.21. The average molecular weight is 301 g/mol. The summed E-state index contributed by atoms with van der Waals surface area (Å²) in [5.41, 5.74) is 1.71. The van der Waals surface area contributed by atoms with Crippen molar-refractivity contribution in [3.63, 3.8) is 0 Å². The van der Waals surface area contributed by atoms with Crippen LogP contribution in [0.25, 0.3) is 0 Å². The summed E-state index contributed by atoms with van der Waals surface area (Å²) < 4.78 is 0. The van der Waals surface area contributed by atoms with Gasteiger partial charge in [0, 0.05) is 17.0 Å². The highest BCUT2D eigenvalue weighted by atomic mass is 32.1. The molecule has 1 heterocycles. The van der Waals surface area contributed by atoms with Crippen LogP contribution in [0.5, 0.6) is 0 Å². The van der Waals surface area contributed by atoms with Crippen LogP contribution in [0.3, 0.4) is 0 Å². The summed E-state index contributed by atoms with van der Waals surface area (Å²) in [7, 11) is 0. The van der Waals surface area contributed by atoms with E-state index in [0.29, 0.717) is 17.5 Å². The van der Waals surface area contributed by atoms with Gasteiger partial charge in [0.25, 0.3) is 0 Å². The van der Waals surface area contributed by atoms with Crippen molar-refractivity contribution in [2.45, 2.75) is 52.6 Å².